The summed E-state index contributed by atoms with van der Waals surface area (Å²) in [6.45, 7) is 8.29. The molecule has 2 nitrogen and oxygen atoms in total. The number of unbranched alkanes of at least 4 members (excludes halogenated alkanes) is 7. The van der Waals surface area contributed by atoms with E-state index in [1.165, 1.54) is 44.9 Å². The predicted molar refractivity (Wildman–Crippen MR) is 83.2 cm³/mol. The van der Waals surface area contributed by atoms with E-state index in [9.17, 15) is 0 Å². The van der Waals surface area contributed by atoms with Crippen LogP contribution in [0.4, 0.5) is 0 Å². The van der Waals surface area contributed by atoms with E-state index in [-0.39, 0.29) is 6.29 Å². The largest absolute Gasteiger partial charge is 0.353 e. The van der Waals surface area contributed by atoms with Gasteiger partial charge in [0.1, 0.15) is 0 Å². The zero-order valence-electron chi connectivity index (χ0n) is 13.5. The van der Waals surface area contributed by atoms with E-state index < -0.39 is 0 Å². The van der Waals surface area contributed by atoms with E-state index in [1.807, 2.05) is 0 Å². The summed E-state index contributed by atoms with van der Waals surface area (Å²) in [4.78, 5) is 0. The lowest BCUT2D eigenvalue weighted by Crippen LogP contribution is -2.19. The van der Waals surface area contributed by atoms with Gasteiger partial charge in [-0.05, 0) is 25.7 Å². The van der Waals surface area contributed by atoms with E-state index in [0.717, 1.165) is 32.5 Å². The Kier molecular flexibility index (Phi) is 15.9. The molecule has 2 heteroatoms. The molecule has 0 fully saturated rings. The van der Waals surface area contributed by atoms with Crippen molar-refractivity contribution >= 4 is 0 Å². The second kappa shape index (κ2) is 16.0. The monoisotopic (exact) mass is 271 g/mol. The van der Waals surface area contributed by atoms with Crippen molar-refractivity contribution in [1.29, 1.82) is 0 Å². The molecule has 1 radical (unpaired) electrons. The molecule has 0 aliphatic carbocycles. The number of hydrogen-bond acceptors (Lipinski definition) is 2. The maximum Gasteiger partial charge on any atom is 0.157 e. The average molecular weight is 271 g/mol. The first-order valence-corrected chi connectivity index (χ1v) is 8.39. The summed E-state index contributed by atoms with van der Waals surface area (Å²) in [6.07, 6.45) is 14.4. The first kappa shape index (κ1) is 18.9. The Balaban J connectivity index is 3.58. The maximum absolute atomic E-state index is 5.80. The van der Waals surface area contributed by atoms with Crippen LogP contribution in [-0.2, 0) is 9.47 Å². The summed E-state index contributed by atoms with van der Waals surface area (Å²) in [5, 5.41) is 0. The molecule has 0 saturated carbocycles. The third-order valence-electron chi connectivity index (χ3n) is 3.22. The van der Waals surface area contributed by atoms with Crippen molar-refractivity contribution < 1.29 is 9.47 Å². The highest BCUT2D eigenvalue weighted by Crippen LogP contribution is 2.11. The smallest absolute Gasteiger partial charge is 0.157 e. The molecule has 0 atom stereocenters. The van der Waals surface area contributed by atoms with Crippen LogP contribution in [0.2, 0.25) is 0 Å². The maximum atomic E-state index is 5.80. The van der Waals surface area contributed by atoms with Gasteiger partial charge in [-0.2, -0.15) is 0 Å². The van der Waals surface area contributed by atoms with Gasteiger partial charge in [0.2, 0.25) is 0 Å². The summed E-state index contributed by atoms with van der Waals surface area (Å²) >= 11 is 0. The fraction of sp³-hybridized carbons (Fsp3) is 0.941. The van der Waals surface area contributed by atoms with Gasteiger partial charge >= 0.3 is 0 Å². The molecule has 0 saturated heterocycles. The lowest BCUT2D eigenvalue weighted by molar-refractivity contribution is -0.143. The van der Waals surface area contributed by atoms with Crippen molar-refractivity contribution in [3.8, 4) is 0 Å². The van der Waals surface area contributed by atoms with Gasteiger partial charge in [-0.3, -0.25) is 0 Å². The zero-order chi connectivity index (χ0) is 14.2. The second-order valence-electron chi connectivity index (χ2n) is 5.25. The summed E-state index contributed by atoms with van der Waals surface area (Å²) in [5.74, 6) is 0. The summed E-state index contributed by atoms with van der Waals surface area (Å²) < 4.78 is 11.6. The molecule has 0 spiro atoms. The van der Waals surface area contributed by atoms with Crippen LogP contribution in [0, 0.1) is 6.42 Å². The summed E-state index contributed by atoms with van der Waals surface area (Å²) in [7, 11) is 0. The molecule has 0 aliphatic heterocycles. The van der Waals surface area contributed by atoms with Crippen molar-refractivity contribution in [3.05, 3.63) is 6.42 Å². The first-order chi connectivity index (χ1) is 9.35. The van der Waals surface area contributed by atoms with Crippen LogP contribution < -0.4 is 0 Å². The molecule has 115 valence electrons. The third kappa shape index (κ3) is 14.1. The third-order valence-corrected chi connectivity index (χ3v) is 3.22. The molecule has 0 aromatic heterocycles. The molecule has 0 rings (SSSR count). The minimum atomic E-state index is -0.00993. The Morgan fingerprint density at radius 3 is 1.84 bits per heavy atom. The molecule has 0 aliphatic rings. The Morgan fingerprint density at radius 1 is 0.737 bits per heavy atom. The molecule has 0 heterocycles. The van der Waals surface area contributed by atoms with Crippen molar-refractivity contribution in [2.75, 3.05) is 13.2 Å². The Bertz CT molecular complexity index is 149. The van der Waals surface area contributed by atoms with Gasteiger partial charge in [-0.25, -0.2) is 0 Å². The molecular formula is C17H35O2. The molecule has 19 heavy (non-hydrogen) atoms. The van der Waals surface area contributed by atoms with Crippen molar-refractivity contribution in [3.63, 3.8) is 0 Å². The Hall–Kier alpha value is -0.0800. The molecule has 0 N–H and O–H groups in total. The van der Waals surface area contributed by atoms with Crippen LogP contribution in [0.25, 0.3) is 0 Å². The topological polar surface area (TPSA) is 18.5 Å². The van der Waals surface area contributed by atoms with Crippen LogP contribution in [-0.4, -0.2) is 19.5 Å². The van der Waals surface area contributed by atoms with E-state index in [0.29, 0.717) is 0 Å². The summed E-state index contributed by atoms with van der Waals surface area (Å²) in [5.41, 5.74) is 0. The lowest BCUT2D eigenvalue weighted by atomic mass is 10.1. The first-order valence-electron chi connectivity index (χ1n) is 8.39. The van der Waals surface area contributed by atoms with Gasteiger partial charge < -0.3 is 9.47 Å². The van der Waals surface area contributed by atoms with Gasteiger partial charge in [0.05, 0.1) is 0 Å². The highest BCUT2D eigenvalue weighted by Gasteiger charge is 2.08. The SMILES string of the molecule is CCCCCC[CH]CC(OCCCC)OCCCC. The Morgan fingerprint density at radius 2 is 1.32 bits per heavy atom. The Labute approximate surface area is 121 Å². The lowest BCUT2D eigenvalue weighted by Gasteiger charge is -2.18. The van der Waals surface area contributed by atoms with Crippen molar-refractivity contribution in [1.82, 2.24) is 0 Å². The van der Waals surface area contributed by atoms with Gasteiger partial charge in [0.15, 0.2) is 6.29 Å². The summed E-state index contributed by atoms with van der Waals surface area (Å²) in [6, 6.07) is 0. The molecule has 0 bridgehead atoms. The standard InChI is InChI=1S/C17H35O2/c1-4-7-10-11-12-13-14-17(18-15-8-5-2)19-16-9-6-3/h13,17H,4-12,14-16H2,1-3H3. The molecule has 0 amide bonds. The van der Waals surface area contributed by atoms with E-state index in [1.54, 1.807) is 0 Å². The second-order valence-corrected chi connectivity index (χ2v) is 5.25. The van der Waals surface area contributed by atoms with E-state index in [4.69, 9.17) is 9.47 Å². The van der Waals surface area contributed by atoms with Crippen LogP contribution in [0.5, 0.6) is 0 Å². The van der Waals surface area contributed by atoms with Gasteiger partial charge in [-0.15, -0.1) is 0 Å². The molecule has 0 unspecified atom stereocenters. The average Bonchev–Trinajstić information content (AvgIpc) is 2.42. The number of ether oxygens (including phenoxy) is 2. The van der Waals surface area contributed by atoms with Gasteiger partial charge in [-0.1, -0.05) is 59.3 Å². The predicted octanol–water partition coefficient (Wildman–Crippen LogP) is 5.51. The van der Waals surface area contributed by atoms with Crippen LogP contribution in [0.1, 0.15) is 85.0 Å². The van der Waals surface area contributed by atoms with Gasteiger partial charge in [0.25, 0.3) is 0 Å². The minimum absolute atomic E-state index is 0.00993. The van der Waals surface area contributed by atoms with Gasteiger partial charge in [0, 0.05) is 19.6 Å². The molecular weight excluding hydrogens is 236 g/mol. The fourth-order valence-electron chi connectivity index (χ4n) is 1.87. The normalized spacial score (nSPS) is 11.4. The molecule has 0 aromatic rings. The highest BCUT2D eigenvalue weighted by molar-refractivity contribution is 4.67. The number of rotatable bonds is 15. The quantitative estimate of drug-likeness (QED) is 0.289. The van der Waals surface area contributed by atoms with Crippen LogP contribution in [0.15, 0.2) is 0 Å². The zero-order valence-corrected chi connectivity index (χ0v) is 13.5. The van der Waals surface area contributed by atoms with Crippen molar-refractivity contribution in [2.45, 2.75) is 91.3 Å². The van der Waals surface area contributed by atoms with E-state index in [2.05, 4.69) is 27.2 Å². The number of hydrogen-bond donors (Lipinski definition) is 0. The minimum Gasteiger partial charge on any atom is -0.353 e. The molecule has 0 aromatic carbocycles. The fourth-order valence-corrected chi connectivity index (χ4v) is 1.87. The van der Waals surface area contributed by atoms with E-state index >= 15 is 0 Å². The van der Waals surface area contributed by atoms with Crippen LogP contribution >= 0.6 is 0 Å². The van der Waals surface area contributed by atoms with Crippen molar-refractivity contribution in [2.24, 2.45) is 0 Å². The van der Waals surface area contributed by atoms with Crippen LogP contribution in [0.3, 0.4) is 0 Å². The highest BCUT2D eigenvalue weighted by atomic mass is 16.7.